The summed E-state index contributed by atoms with van der Waals surface area (Å²) in [6.45, 7) is 2.94. The Morgan fingerprint density at radius 1 is 1.12 bits per heavy atom. The van der Waals surface area contributed by atoms with Crippen LogP contribution in [0.15, 0.2) is 48.7 Å². The van der Waals surface area contributed by atoms with Crippen molar-refractivity contribution >= 4 is 40.4 Å². The van der Waals surface area contributed by atoms with E-state index in [9.17, 15) is 13.6 Å². The number of anilines is 4. The summed E-state index contributed by atoms with van der Waals surface area (Å²) in [5, 5.41) is 6.73. The molecule has 7 nitrogen and oxygen atoms in total. The van der Waals surface area contributed by atoms with Gasteiger partial charge in [0.05, 0.1) is 35.2 Å². The third-order valence-electron chi connectivity index (χ3n) is 5.15. The number of halogens is 3. The van der Waals surface area contributed by atoms with Crippen molar-refractivity contribution in [1.29, 1.82) is 0 Å². The number of hydrogen-bond acceptors (Lipinski definition) is 6. The van der Waals surface area contributed by atoms with Crippen LogP contribution in [0.3, 0.4) is 0 Å². The fourth-order valence-corrected chi connectivity index (χ4v) is 3.87. The van der Waals surface area contributed by atoms with E-state index in [0.717, 1.165) is 24.8 Å². The largest absolute Gasteiger partial charge is 0.380 e. The van der Waals surface area contributed by atoms with Gasteiger partial charge in [0.1, 0.15) is 17.5 Å². The molecule has 1 amide bonds. The van der Waals surface area contributed by atoms with Crippen LogP contribution in [0.2, 0.25) is 5.02 Å². The molecule has 1 aromatic heterocycles. The lowest BCUT2D eigenvalue weighted by Gasteiger charge is -2.29. The number of morpholine rings is 1. The summed E-state index contributed by atoms with van der Waals surface area (Å²) in [6, 6.07) is 10.4. The van der Waals surface area contributed by atoms with Crippen LogP contribution in [0, 0.1) is 11.6 Å². The molecule has 2 heterocycles. The standard InChI is InChI=1S/C23H22ClF2N5O2/c24-19-10-17(1-2-21(19)31-3-5-33-6-4-31)30-22-11-20(18(13-29-22)23(27)32)28-12-14-7-15(25)9-16(26)8-14/h1-2,7-11,13H,3-6,12H2,(H2,27,32)(H2,28,29,30). The van der Waals surface area contributed by atoms with E-state index in [-0.39, 0.29) is 12.1 Å². The maximum Gasteiger partial charge on any atom is 0.252 e. The number of amides is 1. The van der Waals surface area contributed by atoms with E-state index in [1.54, 1.807) is 12.1 Å². The first-order chi connectivity index (χ1) is 15.9. The average Bonchev–Trinajstić information content (AvgIpc) is 2.78. The number of benzene rings is 2. The minimum atomic E-state index is -0.684. The zero-order valence-corrected chi connectivity index (χ0v) is 18.3. The highest BCUT2D eigenvalue weighted by Crippen LogP contribution is 2.31. The summed E-state index contributed by atoms with van der Waals surface area (Å²) in [4.78, 5) is 18.2. The fraction of sp³-hybridized carbons (Fsp3) is 0.217. The molecule has 0 saturated carbocycles. The summed E-state index contributed by atoms with van der Waals surface area (Å²) in [5.74, 6) is -1.61. The highest BCUT2D eigenvalue weighted by molar-refractivity contribution is 6.33. The van der Waals surface area contributed by atoms with Crippen LogP contribution in [-0.4, -0.2) is 37.2 Å². The van der Waals surface area contributed by atoms with E-state index in [1.165, 1.54) is 18.3 Å². The zero-order valence-electron chi connectivity index (χ0n) is 17.6. The molecule has 0 atom stereocenters. The van der Waals surface area contributed by atoms with E-state index in [0.29, 0.717) is 41.0 Å². The molecule has 2 aromatic carbocycles. The topological polar surface area (TPSA) is 92.5 Å². The summed E-state index contributed by atoms with van der Waals surface area (Å²) >= 11 is 6.49. The van der Waals surface area contributed by atoms with Crippen molar-refractivity contribution in [2.24, 2.45) is 5.73 Å². The molecule has 1 aliphatic heterocycles. The number of nitrogens with two attached hydrogens (primary N) is 1. The zero-order chi connectivity index (χ0) is 23.4. The van der Waals surface area contributed by atoms with Gasteiger partial charge in [-0.25, -0.2) is 13.8 Å². The molecule has 0 radical (unpaired) electrons. The lowest BCUT2D eigenvalue weighted by Crippen LogP contribution is -2.36. The highest BCUT2D eigenvalue weighted by atomic mass is 35.5. The number of nitrogens with zero attached hydrogens (tertiary/aromatic N) is 2. The van der Waals surface area contributed by atoms with E-state index >= 15 is 0 Å². The van der Waals surface area contributed by atoms with Crippen molar-refractivity contribution in [3.05, 3.63) is 76.4 Å². The monoisotopic (exact) mass is 473 g/mol. The third-order valence-corrected chi connectivity index (χ3v) is 5.45. The smallest absolute Gasteiger partial charge is 0.252 e. The van der Waals surface area contributed by atoms with Gasteiger partial charge in [0.2, 0.25) is 0 Å². The number of primary amides is 1. The Hall–Kier alpha value is -3.43. The molecule has 1 fully saturated rings. The molecule has 1 aliphatic rings. The van der Waals surface area contributed by atoms with Gasteiger partial charge in [0.15, 0.2) is 0 Å². The predicted octanol–water partition coefficient (Wildman–Crippen LogP) is 4.30. The summed E-state index contributed by atoms with van der Waals surface area (Å²) < 4.78 is 32.3. The van der Waals surface area contributed by atoms with Crippen LogP contribution in [0.5, 0.6) is 0 Å². The molecule has 0 bridgehead atoms. The first-order valence-electron chi connectivity index (χ1n) is 10.3. The van der Waals surface area contributed by atoms with Gasteiger partial charge >= 0.3 is 0 Å². The maximum atomic E-state index is 13.5. The van der Waals surface area contributed by atoms with E-state index in [1.807, 2.05) is 12.1 Å². The Balaban J connectivity index is 1.52. The van der Waals surface area contributed by atoms with Gasteiger partial charge in [0.25, 0.3) is 5.91 Å². The predicted molar refractivity (Wildman–Crippen MR) is 124 cm³/mol. The summed E-state index contributed by atoms with van der Waals surface area (Å²) in [7, 11) is 0. The molecular weight excluding hydrogens is 452 g/mol. The van der Waals surface area contributed by atoms with Crippen molar-refractivity contribution in [3.63, 3.8) is 0 Å². The van der Waals surface area contributed by atoms with Crippen LogP contribution in [0.25, 0.3) is 0 Å². The quantitative estimate of drug-likeness (QED) is 0.473. The van der Waals surface area contributed by atoms with Crippen LogP contribution in [0.1, 0.15) is 15.9 Å². The third kappa shape index (κ3) is 5.68. The van der Waals surface area contributed by atoms with Gasteiger partial charge in [-0.05, 0) is 35.9 Å². The molecule has 33 heavy (non-hydrogen) atoms. The average molecular weight is 474 g/mol. The first kappa shape index (κ1) is 22.8. The SMILES string of the molecule is NC(=O)c1cnc(Nc2ccc(N3CCOCC3)c(Cl)c2)cc1NCc1cc(F)cc(F)c1. The van der Waals surface area contributed by atoms with Crippen LogP contribution in [0.4, 0.5) is 31.7 Å². The van der Waals surface area contributed by atoms with Gasteiger partial charge in [0, 0.05) is 43.7 Å². The normalized spacial score (nSPS) is 13.6. The summed E-state index contributed by atoms with van der Waals surface area (Å²) in [6.07, 6.45) is 1.34. The Bertz CT molecular complexity index is 1150. The number of carbonyl (C=O) groups excluding carboxylic acids is 1. The number of carbonyl (C=O) groups is 1. The fourth-order valence-electron chi connectivity index (χ4n) is 3.57. The molecule has 0 spiro atoms. The van der Waals surface area contributed by atoms with Gasteiger partial charge in [-0.1, -0.05) is 11.6 Å². The van der Waals surface area contributed by atoms with Crippen molar-refractivity contribution in [1.82, 2.24) is 4.98 Å². The van der Waals surface area contributed by atoms with Crippen molar-refractivity contribution in [2.45, 2.75) is 6.54 Å². The molecule has 0 unspecified atom stereocenters. The second kappa shape index (κ2) is 10.0. The Kier molecular flexibility index (Phi) is 6.90. The molecular formula is C23H22ClF2N5O2. The lowest BCUT2D eigenvalue weighted by molar-refractivity contribution is 0.100. The first-order valence-corrected chi connectivity index (χ1v) is 10.6. The van der Waals surface area contributed by atoms with E-state index < -0.39 is 17.5 Å². The molecule has 1 saturated heterocycles. The van der Waals surface area contributed by atoms with Gasteiger partial charge < -0.3 is 26.0 Å². The minimum Gasteiger partial charge on any atom is -0.380 e. The Morgan fingerprint density at radius 3 is 2.52 bits per heavy atom. The van der Waals surface area contributed by atoms with Crippen molar-refractivity contribution in [3.8, 4) is 0 Å². The lowest BCUT2D eigenvalue weighted by atomic mass is 10.1. The molecule has 10 heteroatoms. The molecule has 0 aliphatic carbocycles. The van der Waals surface area contributed by atoms with Gasteiger partial charge in [-0.2, -0.15) is 0 Å². The highest BCUT2D eigenvalue weighted by Gasteiger charge is 2.15. The van der Waals surface area contributed by atoms with Gasteiger partial charge in [-0.15, -0.1) is 0 Å². The van der Waals surface area contributed by atoms with Crippen molar-refractivity contribution in [2.75, 3.05) is 41.8 Å². The van der Waals surface area contributed by atoms with E-state index in [2.05, 4.69) is 20.5 Å². The number of rotatable bonds is 7. The minimum absolute atomic E-state index is 0.0818. The molecule has 4 N–H and O–H groups in total. The van der Waals surface area contributed by atoms with Gasteiger partial charge in [-0.3, -0.25) is 4.79 Å². The number of pyridine rings is 1. The van der Waals surface area contributed by atoms with Crippen molar-refractivity contribution < 1.29 is 18.3 Å². The van der Waals surface area contributed by atoms with Crippen LogP contribution >= 0.6 is 11.6 Å². The Labute approximate surface area is 194 Å². The van der Waals surface area contributed by atoms with Crippen LogP contribution in [-0.2, 0) is 11.3 Å². The Morgan fingerprint density at radius 2 is 1.85 bits per heavy atom. The molecule has 4 rings (SSSR count). The maximum absolute atomic E-state index is 13.5. The van der Waals surface area contributed by atoms with Crippen LogP contribution < -0.4 is 21.3 Å². The summed E-state index contributed by atoms with van der Waals surface area (Å²) in [5.41, 5.74) is 7.98. The molecule has 172 valence electrons. The van der Waals surface area contributed by atoms with E-state index in [4.69, 9.17) is 22.1 Å². The second-order valence-electron chi connectivity index (χ2n) is 7.50. The number of aromatic nitrogens is 1. The number of hydrogen-bond donors (Lipinski definition) is 3. The molecule has 3 aromatic rings. The second-order valence-corrected chi connectivity index (χ2v) is 7.91. The number of nitrogens with one attached hydrogen (secondary N) is 2. The number of ether oxygens (including phenoxy) is 1.